The second-order valence-corrected chi connectivity index (χ2v) is 8.66. The van der Waals surface area contributed by atoms with Gasteiger partial charge in [-0.2, -0.15) is 0 Å². The van der Waals surface area contributed by atoms with Crippen molar-refractivity contribution < 1.29 is 14.3 Å². The molecule has 1 aliphatic carbocycles. The van der Waals surface area contributed by atoms with E-state index in [1.165, 1.54) is 25.7 Å². The van der Waals surface area contributed by atoms with Crippen LogP contribution >= 0.6 is 12.4 Å². The van der Waals surface area contributed by atoms with E-state index in [1.807, 2.05) is 34.1 Å². The molecule has 6 nitrogen and oxygen atoms in total. The summed E-state index contributed by atoms with van der Waals surface area (Å²) in [5, 5.41) is 3.59. The zero-order valence-electron chi connectivity index (χ0n) is 17.8. The topological polar surface area (TPSA) is 61.9 Å². The number of methoxy groups -OCH3 is 1. The molecule has 30 heavy (non-hydrogen) atoms. The molecule has 2 heterocycles. The normalized spacial score (nSPS) is 26.0. The van der Waals surface area contributed by atoms with Crippen molar-refractivity contribution in [2.45, 2.75) is 57.0 Å². The van der Waals surface area contributed by atoms with Crippen molar-refractivity contribution in [1.82, 2.24) is 15.1 Å². The maximum absolute atomic E-state index is 12.9. The molecule has 0 spiro atoms. The summed E-state index contributed by atoms with van der Waals surface area (Å²) in [7, 11) is 1.65. The van der Waals surface area contributed by atoms with Crippen molar-refractivity contribution >= 4 is 24.2 Å². The number of amides is 2. The van der Waals surface area contributed by atoms with E-state index < -0.39 is 0 Å². The Morgan fingerprint density at radius 3 is 2.37 bits per heavy atom. The highest BCUT2D eigenvalue weighted by atomic mass is 35.5. The predicted molar refractivity (Wildman–Crippen MR) is 119 cm³/mol. The lowest BCUT2D eigenvalue weighted by Gasteiger charge is -2.36. The van der Waals surface area contributed by atoms with Crippen LogP contribution in [0, 0.1) is 5.92 Å². The number of nitrogens with one attached hydrogen (secondary N) is 1. The summed E-state index contributed by atoms with van der Waals surface area (Å²) in [6.07, 6.45) is 7.30. The number of hydrogen-bond acceptors (Lipinski definition) is 4. The van der Waals surface area contributed by atoms with E-state index in [2.05, 4.69) is 5.32 Å². The molecule has 2 aliphatic heterocycles. The van der Waals surface area contributed by atoms with Gasteiger partial charge in [-0.1, -0.05) is 25.0 Å². The lowest BCUT2D eigenvalue weighted by atomic mass is 9.85. The maximum Gasteiger partial charge on any atom is 0.239 e. The number of fused-ring (bicyclic) bond motifs is 1. The number of benzene rings is 1. The van der Waals surface area contributed by atoms with Crippen molar-refractivity contribution in [3.63, 3.8) is 0 Å². The first-order chi connectivity index (χ1) is 14.1. The summed E-state index contributed by atoms with van der Waals surface area (Å²) in [6.45, 7) is 2.60. The van der Waals surface area contributed by atoms with Gasteiger partial charge in [-0.25, -0.2) is 0 Å². The van der Waals surface area contributed by atoms with Gasteiger partial charge in [0, 0.05) is 38.6 Å². The molecule has 1 saturated carbocycles. The lowest BCUT2D eigenvalue weighted by molar-refractivity contribution is -0.140. The Morgan fingerprint density at radius 1 is 1.03 bits per heavy atom. The predicted octanol–water partition coefficient (Wildman–Crippen LogP) is 2.64. The van der Waals surface area contributed by atoms with Crippen molar-refractivity contribution in [3.05, 3.63) is 29.8 Å². The van der Waals surface area contributed by atoms with Gasteiger partial charge in [0.1, 0.15) is 5.75 Å². The third kappa shape index (κ3) is 5.27. The van der Waals surface area contributed by atoms with Crippen LogP contribution in [0.2, 0.25) is 0 Å². The fourth-order valence-electron chi connectivity index (χ4n) is 5.11. The number of aryl methyl sites for hydroxylation is 1. The average molecular weight is 436 g/mol. The highest BCUT2D eigenvalue weighted by Gasteiger charge is 2.40. The van der Waals surface area contributed by atoms with E-state index in [9.17, 15) is 9.59 Å². The van der Waals surface area contributed by atoms with E-state index in [0.29, 0.717) is 44.6 Å². The van der Waals surface area contributed by atoms with E-state index in [0.717, 1.165) is 24.2 Å². The molecule has 1 aromatic carbocycles. The van der Waals surface area contributed by atoms with Crippen molar-refractivity contribution in [2.24, 2.45) is 5.92 Å². The van der Waals surface area contributed by atoms with E-state index in [1.54, 1.807) is 7.11 Å². The minimum absolute atomic E-state index is 0. The SMILES string of the molecule is COc1ccc(CCC(=O)N2CCN(C(=O)C3CC4CCCCC4N3)CC2)cc1.Cl. The van der Waals surface area contributed by atoms with Crippen LogP contribution in [0.4, 0.5) is 0 Å². The fraction of sp³-hybridized carbons (Fsp3) is 0.652. The minimum atomic E-state index is -0.0135. The summed E-state index contributed by atoms with van der Waals surface area (Å²) in [5.41, 5.74) is 1.14. The zero-order chi connectivity index (χ0) is 20.2. The molecule has 166 valence electrons. The van der Waals surface area contributed by atoms with Gasteiger partial charge < -0.3 is 19.9 Å². The number of rotatable bonds is 5. The monoisotopic (exact) mass is 435 g/mol. The lowest BCUT2D eigenvalue weighted by Crippen LogP contribution is -2.54. The number of carbonyl (C=O) groups is 2. The summed E-state index contributed by atoms with van der Waals surface area (Å²) in [6, 6.07) is 8.40. The Labute approximate surface area is 185 Å². The molecule has 1 N–H and O–H groups in total. The Balaban J connectivity index is 0.00000256. The molecule has 3 unspecified atom stereocenters. The third-order valence-electron chi connectivity index (χ3n) is 6.89. The first kappa shape index (κ1) is 22.9. The van der Waals surface area contributed by atoms with Gasteiger partial charge >= 0.3 is 0 Å². The first-order valence-corrected chi connectivity index (χ1v) is 11.1. The highest BCUT2D eigenvalue weighted by Crippen LogP contribution is 2.33. The Kier molecular flexibility index (Phi) is 8.00. The summed E-state index contributed by atoms with van der Waals surface area (Å²) in [4.78, 5) is 29.4. The maximum atomic E-state index is 12.9. The molecule has 1 aromatic rings. The molecule has 7 heteroatoms. The van der Waals surface area contributed by atoms with Gasteiger partial charge in [0.15, 0.2) is 0 Å². The number of nitrogens with zero attached hydrogens (tertiary/aromatic N) is 2. The number of hydrogen-bond donors (Lipinski definition) is 1. The summed E-state index contributed by atoms with van der Waals surface area (Å²) in [5.74, 6) is 1.93. The molecule has 0 aromatic heterocycles. The van der Waals surface area contributed by atoms with Crippen LogP contribution in [-0.2, 0) is 16.0 Å². The van der Waals surface area contributed by atoms with E-state index in [-0.39, 0.29) is 30.3 Å². The smallest absolute Gasteiger partial charge is 0.239 e. The number of ether oxygens (including phenoxy) is 1. The number of carbonyl (C=O) groups excluding carboxylic acids is 2. The van der Waals surface area contributed by atoms with Crippen LogP contribution in [0.1, 0.15) is 44.1 Å². The minimum Gasteiger partial charge on any atom is -0.497 e. The van der Waals surface area contributed by atoms with Crippen LogP contribution in [0.25, 0.3) is 0 Å². The largest absolute Gasteiger partial charge is 0.497 e. The molecule has 2 saturated heterocycles. The van der Waals surface area contributed by atoms with Crippen molar-refractivity contribution in [2.75, 3.05) is 33.3 Å². The number of halogens is 1. The fourth-order valence-corrected chi connectivity index (χ4v) is 5.11. The second kappa shape index (κ2) is 10.5. The second-order valence-electron chi connectivity index (χ2n) is 8.66. The standard InChI is InChI=1S/C23H33N3O3.ClH/c1-29-19-9-6-17(7-10-19)8-11-22(27)25-12-14-26(15-13-25)23(28)21-16-18-4-2-3-5-20(18)24-21;/h6-7,9-10,18,20-21,24H,2-5,8,11-16H2,1H3;1H. The molecule has 0 bridgehead atoms. The van der Waals surface area contributed by atoms with Gasteiger partial charge in [0.25, 0.3) is 0 Å². The summed E-state index contributed by atoms with van der Waals surface area (Å²) >= 11 is 0. The van der Waals surface area contributed by atoms with Crippen LogP contribution in [0.3, 0.4) is 0 Å². The quantitative estimate of drug-likeness (QED) is 0.772. The van der Waals surface area contributed by atoms with Crippen molar-refractivity contribution in [3.8, 4) is 5.75 Å². The highest BCUT2D eigenvalue weighted by molar-refractivity contribution is 5.85. The molecule has 3 fully saturated rings. The van der Waals surface area contributed by atoms with Gasteiger partial charge in [-0.05, 0) is 49.3 Å². The first-order valence-electron chi connectivity index (χ1n) is 11.1. The number of piperazine rings is 1. The molecule has 3 atom stereocenters. The average Bonchev–Trinajstić information content (AvgIpc) is 3.22. The molecular formula is C23H34ClN3O3. The Hall–Kier alpha value is -1.79. The Bertz CT molecular complexity index is 705. The molecule has 3 aliphatic rings. The van der Waals surface area contributed by atoms with Crippen LogP contribution < -0.4 is 10.1 Å². The van der Waals surface area contributed by atoms with E-state index >= 15 is 0 Å². The van der Waals surface area contributed by atoms with Crippen LogP contribution in [0.5, 0.6) is 5.75 Å². The van der Waals surface area contributed by atoms with E-state index in [4.69, 9.17) is 4.74 Å². The van der Waals surface area contributed by atoms with Gasteiger partial charge in [-0.3, -0.25) is 9.59 Å². The van der Waals surface area contributed by atoms with Crippen LogP contribution in [-0.4, -0.2) is 67.0 Å². The van der Waals surface area contributed by atoms with Gasteiger partial charge in [0.2, 0.25) is 11.8 Å². The zero-order valence-corrected chi connectivity index (χ0v) is 18.7. The summed E-state index contributed by atoms with van der Waals surface area (Å²) < 4.78 is 5.17. The molecule has 0 radical (unpaired) electrons. The van der Waals surface area contributed by atoms with Gasteiger partial charge in [0.05, 0.1) is 13.2 Å². The molecule has 2 amide bonds. The third-order valence-corrected chi connectivity index (χ3v) is 6.89. The molecule has 4 rings (SSSR count). The van der Waals surface area contributed by atoms with Crippen molar-refractivity contribution in [1.29, 1.82) is 0 Å². The van der Waals surface area contributed by atoms with Crippen LogP contribution in [0.15, 0.2) is 24.3 Å². The molecular weight excluding hydrogens is 402 g/mol. The Morgan fingerprint density at radius 2 is 1.70 bits per heavy atom. The van der Waals surface area contributed by atoms with Gasteiger partial charge in [-0.15, -0.1) is 12.4 Å².